The number of hydrogen-bond acceptors (Lipinski definition) is 3. The van der Waals surface area contributed by atoms with Gasteiger partial charge in [0, 0.05) is 42.8 Å². The number of amides is 2. The lowest BCUT2D eigenvalue weighted by atomic mass is 9.99. The van der Waals surface area contributed by atoms with Gasteiger partial charge in [-0.05, 0) is 44.0 Å². The largest absolute Gasteiger partial charge is 0.337 e. The Morgan fingerprint density at radius 3 is 2.72 bits per heavy atom. The van der Waals surface area contributed by atoms with Gasteiger partial charge in [0.1, 0.15) is 0 Å². The van der Waals surface area contributed by atoms with E-state index in [-0.39, 0.29) is 17.7 Å². The molecule has 2 fully saturated rings. The summed E-state index contributed by atoms with van der Waals surface area (Å²) in [5.74, 6) is 0.522. The topological polar surface area (TPSA) is 52.7 Å². The summed E-state index contributed by atoms with van der Waals surface area (Å²) in [5, 5.41) is 2.88. The lowest BCUT2D eigenvalue weighted by molar-refractivity contribution is -0.118. The van der Waals surface area contributed by atoms with Crippen molar-refractivity contribution >= 4 is 17.5 Å². The third-order valence-electron chi connectivity index (χ3n) is 5.42. The van der Waals surface area contributed by atoms with Crippen molar-refractivity contribution in [1.29, 1.82) is 0 Å². The van der Waals surface area contributed by atoms with Gasteiger partial charge in [-0.1, -0.05) is 26.3 Å². The summed E-state index contributed by atoms with van der Waals surface area (Å²) in [6.45, 7) is 6.43. The lowest BCUT2D eigenvalue weighted by Crippen LogP contribution is -2.42. The first kappa shape index (κ1) is 17.9. The molecule has 2 aliphatic rings. The van der Waals surface area contributed by atoms with Crippen LogP contribution in [0.3, 0.4) is 0 Å². The quantitative estimate of drug-likeness (QED) is 0.918. The van der Waals surface area contributed by atoms with Gasteiger partial charge >= 0.3 is 0 Å². The lowest BCUT2D eigenvalue weighted by Gasteiger charge is -2.30. The number of rotatable bonds is 3. The minimum Gasteiger partial charge on any atom is -0.337 e. The fourth-order valence-electron chi connectivity index (χ4n) is 3.90. The summed E-state index contributed by atoms with van der Waals surface area (Å²) in [7, 11) is 2.18. The normalized spacial score (nSPS) is 24.1. The van der Waals surface area contributed by atoms with Crippen LogP contribution in [0.5, 0.6) is 0 Å². The van der Waals surface area contributed by atoms with Gasteiger partial charge < -0.3 is 15.1 Å². The number of nitrogens with zero attached hydrogens (tertiary/aromatic N) is 2. The molecule has 1 N–H and O–H groups in total. The first-order valence-corrected chi connectivity index (χ1v) is 9.34. The number of likely N-dealkylation sites (tertiary alicyclic amines) is 1. The number of nitrogens with one attached hydrogen (secondary N) is 1. The molecule has 5 heteroatoms. The molecule has 136 valence electrons. The van der Waals surface area contributed by atoms with Crippen molar-refractivity contribution in [3.05, 3.63) is 29.8 Å². The first-order chi connectivity index (χ1) is 11.9. The number of carbonyl (C=O) groups excluding carboxylic acids is 2. The molecule has 25 heavy (non-hydrogen) atoms. The van der Waals surface area contributed by atoms with Crippen LogP contribution >= 0.6 is 0 Å². The Bertz CT molecular complexity index is 644. The molecular formula is C20H29N3O2. The van der Waals surface area contributed by atoms with Crippen LogP contribution in [0.4, 0.5) is 5.69 Å². The number of carbonyl (C=O) groups is 2. The van der Waals surface area contributed by atoms with E-state index in [0.717, 1.165) is 19.6 Å². The van der Waals surface area contributed by atoms with Crippen molar-refractivity contribution in [1.82, 2.24) is 9.80 Å². The molecule has 2 aliphatic heterocycles. The molecule has 2 saturated heterocycles. The van der Waals surface area contributed by atoms with Crippen molar-refractivity contribution in [2.45, 2.75) is 39.2 Å². The van der Waals surface area contributed by atoms with Crippen LogP contribution in [0.25, 0.3) is 0 Å². The Balaban J connectivity index is 1.75. The average molecular weight is 343 g/mol. The van der Waals surface area contributed by atoms with Crippen molar-refractivity contribution in [2.24, 2.45) is 11.8 Å². The summed E-state index contributed by atoms with van der Waals surface area (Å²) in [6.07, 6.45) is 3.63. The molecule has 5 nitrogen and oxygen atoms in total. The molecule has 2 atom stereocenters. The van der Waals surface area contributed by atoms with Crippen LogP contribution in [0.1, 0.15) is 43.5 Å². The maximum atomic E-state index is 13.1. The fourth-order valence-corrected chi connectivity index (χ4v) is 3.90. The van der Waals surface area contributed by atoms with Crippen molar-refractivity contribution in [3.63, 3.8) is 0 Å². The zero-order valence-electron chi connectivity index (χ0n) is 15.5. The van der Waals surface area contributed by atoms with Crippen LogP contribution in [0.15, 0.2) is 24.3 Å². The molecule has 1 aromatic rings. The molecule has 2 bridgehead atoms. The number of hydrogen-bond donors (Lipinski definition) is 1. The Labute approximate surface area is 150 Å². The van der Waals surface area contributed by atoms with E-state index in [1.807, 2.05) is 36.9 Å². The highest BCUT2D eigenvalue weighted by Crippen LogP contribution is 2.27. The second-order valence-electron chi connectivity index (χ2n) is 7.83. The molecule has 2 amide bonds. The van der Waals surface area contributed by atoms with Gasteiger partial charge in [-0.2, -0.15) is 0 Å². The molecule has 0 aromatic heterocycles. The van der Waals surface area contributed by atoms with Crippen LogP contribution in [-0.4, -0.2) is 54.3 Å². The standard InChI is InChI=1S/C20H29N3O2/c1-14(2)19(24)21-17-8-5-7-16(10-17)20(25)23-12-15-6-4-9-18(13-23)22(3)11-15/h5,7-8,10,14-15,18H,4,6,9,11-13H2,1-3H3,(H,21,24)/t15-,18-/m0/s1. The van der Waals surface area contributed by atoms with Gasteiger partial charge in [0.2, 0.25) is 5.91 Å². The molecule has 0 spiro atoms. The Hall–Kier alpha value is -1.88. The number of benzene rings is 1. The van der Waals surface area contributed by atoms with Crippen LogP contribution in [-0.2, 0) is 4.79 Å². The highest BCUT2D eigenvalue weighted by molar-refractivity contribution is 5.97. The first-order valence-electron chi connectivity index (χ1n) is 9.34. The van der Waals surface area contributed by atoms with Crippen LogP contribution < -0.4 is 5.32 Å². The Morgan fingerprint density at radius 1 is 1.16 bits per heavy atom. The minimum atomic E-state index is -0.0834. The summed E-state index contributed by atoms with van der Waals surface area (Å²) in [4.78, 5) is 29.4. The van der Waals surface area contributed by atoms with E-state index in [1.54, 1.807) is 6.07 Å². The Kier molecular flexibility index (Phi) is 5.42. The zero-order chi connectivity index (χ0) is 18.0. The maximum Gasteiger partial charge on any atom is 0.253 e. The van der Waals surface area contributed by atoms with Crippen molar-refractivity contribution in [2.75, 3.05) is 32.0 Å². The number of likely N-dealkylation sites (N-methyl/N-ethyl adjacent to an activating group) is 1. The van der Waals surface area contributed by atoms with E-state index in [9.17, 15) is 9.59 Å². The average Bonchev–Trinajstić information content (AvgIpc) is 2.82. The molecule has 1 aromatic carbocycles. The molecule has 3 rings (SSSR count). The summed E-state index contributed by atoms with van der Waals surface area (Å²) in [6, 6.07) is 7.78. The third kappa shape index (κ3) is 4.21. The highest BCUT2D eigenvalue weighted by atomic mass is 16.2. The predicted molar refractivity (Wildman–Crippen MR) is 99.6 cm³/mol. The number of fused-ring (bicyclic) bond motifs is 3. The van der Waals surface area contributed by atoms with E-state index in [2.05, 4.69) is 17.3 Å². The second-order valence-corrected chi connectivity index (χ2v) is 7.83. The van der Waals surface area contributed by atoms with E-state index < -0.39 is 0 Å². The molecular weight excluding hydrogens is 314 g/mol. The summed E-state index contributed by atoms with van der Waals surface area (Å²) in [5.41, 5.74) is 1.35. The van der Waals surface area contributed by atoms with Gasteiger partial charge in [-0.25, -0.2) is 0 Å². The monoisotopic (exact) mass is 343 g/mol. The molecule has 0 unspecified atom stereocenters. The van der Waals surface area contributed by atoms with Crippen molar-refractivity contribution in [3.8, 4) is 0 Å². The Morgan fingerprint density at radius 2 is 1.96 bits per heavy atom. The minimum absolute atomic E-state index is 0.0319. The van der Waals surface area contributed by atoms with Crippen LogP contribution in [0, 0.1) is 11.8 Å². The van der Waals surface area contributed by atoms with E-state index in [1.165, 1.54) is 19.3 Å². The zero-order valence-corrected chi connectivity index (χ0v) is 15.5. The van der Waals surface area contributed by atoms with Gasteiger partial charge in [0.15, 0.2) is 0 Å². The van der Waals surface area contributed by atoms with Gasteiger partial charge in [-0.3, -0.25) is 9.59 Å². The molecule has 0 aliphatic carbocycles. The molecule has 0 radical (unpaired) electrons. The van der Waals surface area contributed by atoms with Gasteiger partial charge in [0.25, 0.3) is 5.91 Å². The summed E-state index contributed by atoms with van der Waals surface area (Å²) >= 11 is 0. The smallest absolute Gasteiger partial charge is 0.253 e. The third-order valence-corrected chi connectivity index (χ3v) is 5.42. The van der Waals surface area contributed by atoms with Crippen molar-refractivity contribution < 1.29 is 9.59 Å². The highest BCUT2D eigenvalue weighted by Gasteiger charge is 2.33. The SMILES string of the molecule is CC(C)C(=O)Nc1cccc(C(=O)N2C[C@H]3CCC[C@@H](C2)N(C)C3)c1. The van der Waals surface area contributed by atoms with E-state index in [0.29, 0.717) is 23.2 Å². The predicted octanol–water partition coefficient (Wildman–Crippen LogP) is 2.84. The maximum absolute atomic E-state index is 13.1. The van der Waals surface area contributed by atoms with E-state index in [4.69, 9.17) is 0 Å². The fraction of sp³-hybridized carbons (Fsp3) is 0.600. The van der Waals surface area contributed by atoms with E-state index >= 15 is 0 Å². The second kappa shape index (κ2) is 7.56. The van der Waals surface area contributed by atoms with Crippen LogP contribution in [0.2, 0.25) is 0 Å². The van der Waals surface area contributed by atoms with Gasteiger partial charge in [-0.15, -0.1) is 0 Å². The molecule has 2 heterocycles. The molecule has 0 saturated carbocycles. The van der Waals surface area contributed by atoms with Gasteiger partial charge in [0.05, 0.1) is 0 Å². The number of anilines is 1. The summed E-state index contributed by atoms with van der Waals surface area (Å²) < 4.78 is 0.